The van der Waals surface area contributed by atoms with Gasteiger partial charge >= 0.3 is 0 Å². The fourth-order valence-corrected chi connectivity index (χ4v) is 3.06. The minimum Gasteiger partial charge on any atom is -0.399 e. The van der Waals surface area contributed by atoms with Crippen LogP contribution in [0.4, 0.5) is 5.69 Å². The van der Waals surface area contributed by atoms with Crippen molar-refractivity contribution in [2.75, 3.05) is 18.9 Å². The molecule has 1 aliphatic carbocycles. The highest BCUT2D eigenvalue weighted by molar-refractivity contribution is 5.93. The van der Waals surface area contributed by atoms with Gasteiger partial charge in [-0.3, -0.25) is 4.79 Å². The number of carbonyl (C=O) groups is 1. The Morgan fingerprint density at radius 1 is 1.21 bits per heavy atom. The molecule has 0 radical (unpaired) electrons. The first-order valence-electron chi connectivity index (χ1n) is 7.18. The lowest BCUT2D eigenvalue weighted by Gasteiger charge is -2.23. The summed E-state index contributed by atoms with van der Waals surface area (Å²) in [4.78, 5) is 12.6. The van der Waals surface area contributed by atoms with E-state index in [1.165, 1.54) is 0 Å². The molecule has 0 unspecified atom stereocenters. The lowest BCUT2D eigenvalue weighted by Crippen LogP contribution is -2.26. The van der Waals surface area contributed by atoms with E-state index in [4.69, 9.17) is 10.5 Å². The van der Waals surface area contributed by atoms with Crippen molar-refractivity contribution in [1.82, 2.24) is 0 Å². The zero-order valence-electron chi connectivity index (χ0n) is 11.2. The van der Waals surface area contributed by atoms with Gasteiger partial charge in [0.05, 0.1) is 5.41 Å². The summed E-state index contributed by atoms with van der Waals surface area (Å²) in [6.45, 7) is 1.62. The Bertz CT molecular complexity index is 456. The summed E-state index contributed by atoms with van der Waals surface area (Å²) >= 11 is 0. The number of Topliss-reactive ketones (excluding diaryl/α,β-unsaturated/α-hetero) is 1. The molecule has 2 N–H and O–H groups in total. The van der Waals surface area contributed by atoms with E-state index in [0.717, 1.165) is 50.1 Å². The summed E-state index contributed by atoms with van der Waals surface area (Å²) in [6.07, 6.45) is 4.78. The first-order valence-corrected chi connectivity index (χ1v) is 7.18. The molecular formula is C16H21NO2. The number of carbonyl (C=O) groups excluding carboxylic acids is 1. The molecule has 0 amide bonds. The van der Waals surface area contributed by atoms with Crippen LogP contribution in [0.25, 0.3) is 0 Å². The SMILES string of the molecule is Nc1ccc(C2(C(=O)CC3CCOCC3)CC2)cc1. The van der Waals surface area contributed by atoms with Gasteiger partial charge in [0.1, 0.15) is 5.78 Å². The van der Waals surface area contributed by atoms with Gasteiger partial charge in [-0.05, 0) is 49.3 Å². The van der Waals surface area contributed by atoms with Crippen LogP contribution in [0.2, 0.25) is 0 Å². The molecule has 0 bridgehead atoms. The Hall–Kier alpha value is -1.35. The summed E-state index contributed by atoms with van der Waals surface area (Å²) in [7, 11) is 0. The van der Waals surface area contributed by atoms with Crippen LogP contribution in [-0.2, 0) is 14.9 Å². The molecule has 102 valence electrons. The van der Waals surface area contributed by atoms with Crippen molar-refractivity contribution < 1.29 is 9.53 Å². The summed E-state index contributed by atoms with van der Waals surface area (Å²) < 4.78 is 5.36. The molecule has 0 atom stereocenters. The molecule has 3 nitrogen and oxygen atoms in total. The second-order valence-electron chi connectivity index (χ2n) is 5.89. The molecule has 1 heterocycles. The standard InChI is InChI=1S/C16H21NO2/c17-14-3-1-13(2-4-14)16(7-8-16)15(18)11-12-5-9-19-10-6-12/h1-4,12H,5-11,17H2. The van der Waals surface area contributed by atoms with Crippen molar-refractivity contribution >= 4 is 11.5 Å². The minimum absolute atomic E-state index is 0.188. The highest BCUT2D eigenvalue weighted by atomic mass is 16.5. The van der Waals surface area contributed by atoms with E-state index in [-0.39, 0.29) is 5.41 Å². The Labute approximate surface area is 114 Å². The number of nitrogens with two attached hydrogens (primary N) is 1. The number of hydrogen-bond acceptors (Lipinski definition) is 3. The van der Waals surface area contributed by atoms with Crippen LogP contribution >= 0.6 is 0 Å². The number of ketones is 1. The largest absolute Gasteiger partial charge is 0.399 e. The minimum atomic E-state index is -0.188. The van der Waals surface area contributed by atoms with Crippen LogP contribution in [0.1, 0.15) is 37.7 Å². The predicted octanol–water partition coefficient (Wildman–Crippen LogP) is 2.69. The third-order valence-corrected chi connectivity index (χ3v) is 4.56. The molecule has 1 saturated heterocycles. The zero-order valence-corrected chi connectivity index (χ0v) is 11.2. The number of rotatable bonds is 4. The molecule has 1 saturated carbocycles. The Balaban J connectivity index is 1.70. The maximum atomic E-state index is 12.6. The third kappa shape index (κ3) is 2.52. The van der Waals surface area contributed by atoms with E-state index >= 15 is 0 Å². The fraction of sp³-hybridized carbons (Fsp3) is 0.562. The maximum Gasteiger partial charge on any atom is 0.143 e. The Morgan fingerprint density at radius 3 is 2.42 bits per heavy atom. The first-order chi connectivity index (χ1) is 9.21. The molecule has 3 heteroatoms. The van der Waals surface area contributed by atoms with E-state index in [1.54, 1.807) is 0 Å². The van der Waals surface area contributed by atoms with E-state index < -0.39 is 0 Å². The van der Waals surface area contributed by atoms with E-state index in [0.29, 0.717) is 18.1 Å². The lowest BCUT2D eigenvalue weighted by molar-refractivity contribution is -0.123. The molecule has 2 aliphatic rings. The zero-order chi connectivity index (χ0) is 13.3. The maximum absolute atomic E-state index is 12.6. The molecule has 0 aromatic heterocycles. The molecule has 1 aromatic carbocycles. The summed E-state index contributed by atoms with van der Waals surface area (Å²) in [6, 6.07) is 7.84. The molecular weight excluding hydrogens is 238 g/mol. The number of ether oxygens (including phenoxy) is 1. The quantitative estimate of drug-likeness (QED) is 0.846. The first kappa shape index (κ1) is 12.7. The molecule has 3 rings (SSSR count). The van der Waals surface area contributed by atoms with Crippen LogP contribution in [0, 0.1) is 5.92 Å². The van der Waals surface area contributed by atoms with Gasteiger partial charge in [-0.1, -0.05) is 12.1 Å². The van der Waals surface area contributed by atoms with Gasteiger partial charge in [-0.15, -0.1) is 0 Å². The Morgan fingerprint density at radius 2 is 1.84 bits per heavy atom. The van der Waals surface area contributed by atoms with Gasteiger partial charge in [-0.2, -0.15) is 0 Å². The lowest BCUT2D eigenvalue weighted by atomic mass is 9.84. The van der Waals surface area contributed by atoms with Gasteiger partial charge in [0.15, 0.2) is 0 Å². The van der Waals surface area contributed by atoms with Crippen LogP contribution in [-0.4, -0.2) is 19.0 Å². The second-order valence-corrected chi connectivity index (χ2v) is 5.89. The fourth-order valence-electron chi connectivity index (χ4n) is 3.06. The highest BCUT2D eigenvalue weighted by Gasteiger charge is 2.50. The van der Waals surface area contributed by atoms with Gasteiger partial charge in [0, 0.05) is 25.3 Å². The molecule has 19 heavy (non-hydrogen) atoms. The van der Waals surface area contributed by atoms with Crippen molar-refractivity contribution in [1.29, 1.82) is 0 Å². The molecule has 2 fully saturated rings. The van der Waals surface area contributed by atoms with Gasteiger partial charge in [0.25, 0.3) is 0 Å². The van der Waals surface area contributed by atoms with Crippen LogP contribution in [0.3, 0.4) is 0 Å². The smallest absolute Gasteiger partial charge is 0.143 e. The van der Waals surface area contributed by atoms with Crippen molar-refractivity contribution in [3.8, 4) is 0 Å². The topological polar surface area (TPSA) is 52.3 Å². The normalized spacial score (nSPS) is 22.1. The van der Waals surface area contributed by atoms with Crippen LogP contribution in [0.15, 0.2) is 24.3 Å². The number of anilines is 1. The predicted molar refractivity (Wildman–Crippen MR) is 74.9 cm³/mol. The summed E-state index contributed by atoms with van der Waals surface area (Å²) in [5.41, 5.74) is 7.44. The van der Waals surface area contributed by atoms with Gasteiger partial charge in [0.2, 0.25) is 0 Å². The third-order valence-electron chi connectivity index (χ3n) is 4.56. The van der Waals surface area contributed by atoms with Crippen molar-refractivity contribution in [3.05, 3.63) is 29.8 Å². The van der Waals surface area contributed by atoms with Crippen LogP contribution < -0.4 is 5.73 Å². The van der Waals surface area contributed by atoms with E-state index in [1.807, 2.05) is 24.3 Å². The summed E-state index contributed by atoms with van der Waals surface area (Å²) in [5.74, 6) is 0.941. The number of hydrogen-bond donors (Lipinski definition) is 1. The monoisotopic (exact) mass is 259 g/mol. The van der Waals surface area contributed by atoms with Crippen molar-refractivity contribution in [3.63, 3.8) is 0 Å². The molecule has 1 aliphatic heterocycles. The van der Waals surface area contributed by atoms with Gasteiger partial charge in [-0.25, -0.2) is 0 Å². The van der Waals surface area contributed by atoms with E-state index in [2.05, 4.69) is 0 Å². The van der Waals surface area contributed by atoms with Gasteiger partial charge < -0.3 is 10.5 Å². The van der Waals surface area contributed by atoms with E-state index in [9.17, 15) is 4.79 Å². The molecule has 0 spiro atoms. The average molecular weight is 259 g/mol. The van der Waals surface area contributed by atoms with Crippen LogP contribution in [0.5, 0.6) is 0 Å². The Kier molecular flexibility index (Phi) is 3.31. The average Bonchev–Trinajstić information content (AvgIpc) is 3.22. The van der Waals surface area contributed by atoms with Crippen molar-refractivity contribution in [2.45, 2.75) is 37.5 Å². The summed E-state index contributed by atoms with van der Waals surface area (Å²) in [5, 5.41) is 0. The highest BCUT2D eigenvalue weighted by Crippen LogP contribution is 2.50. The number of benzene rings is 1. The second kappa shape index (κ2) is 4.97. The van der Waals surface area contributed by atoms with Crippen molar-refractivity contribution in [2.24, 2.45) is 5.92 Å². The number of nitrogen functional groups attached to an aromatic ring is 1. The molecule has 1 aromatic rings.